The van der Waals surface area contributed by atoms with Crippen molar-refractivity contribution in [3.8, 4) is 0 Å². The van der Waals surface area contributed by atoms with Gasteiger partial charge < -0.3 is 10.2 Å². The van der Waals surface area contributed by atoms with Crippen molar-refractivity contribution >= 4 is 0 Å². The Balaban J connectivity index is 2.38. The Morgan fingerprint density at radius 1 is 0.682 bits per heavy atom. The average molecular weight is 292 g/mol. The second-order valence-corrected chi connectivity index (χ2v) is 5.80. The van der Waals surface area contributed by atoms with Gasteiger partial charge in [0.1, 0.15) is 11.2 Å². The van der Waals surface area contributed by atoms with E-state index >= 15 is 0 Å². The summed E-state index contributed by atoms with van der Waals surface area (Å²) in [6, 6.07) is 15.0. The molecule has 0 spiro atoms. The molecule has 2 aromatic rings. The first kappa shape index (κ1) is 14.8. The highest BCUT2D eigenvalue weighted by atomic mass is 16.3. The molecule has 22 heavy (non-hydrogen) atoms. The third-order valence-corrected chi connectivity index (χ3v) is 4.52. The molecule has 2 nitrogen and oxygen atoms in total. The average Bonchev–Trinajstić information content (AvgIpc) is 2.54. The van der Waals surface area contributed by atoms with Gasteiger partial charge in [-0.15, -0.1) is 13.2 Å². The molecular weight excluding hydrogens is 272 g/mol. The van der Waals surface area contributed by atoms with Crippen molar-refractivity contribution in [1.29, 1.82) is 0 Å². The van der Waals surface area contributed by atoms with Crippen LogP contribution in [0, 0.1) is 0 Å². The van der Waals surface area contributed by atoms with E-state index < -0.39 is 11.2 Å². The minimum atomic E-state index is -1.16. The molecule has 112 valence electrons. The molecule has 0 radical (unpaired) electrons. The van der Waals surface area contributed by atoms with Crippen molar-refractivity contribution in [2.24, 2.45) is 0 Å². The van der Waals surface area contributed by atoms with Crippen LogP contribution in [0.4, 0.5) is 0 Å². The van der Waals surface area contributed by atoms with E-state index in [2.05, 4.69) is 13.2 Å². The lowest BCUT2D eigenvalue weighted by molar-refractivity contribution is 0.0333. The summed E-state index contributed by atoms with van der Waals surface area (Å²) >= 11 is 0. The van der Waals surface area contributed by atoms with Crippen LogP contribution in [-0.4, -0.2) is 10.2 Å². The molecule has 0 aliphatic heterocycles. The van der Waals surface area contributed by atoms with E-state index in [1.54, 1.807) is 12.2 Å². The van der Waals surface area contributed by atoms with Gasteiger partial charge in [-0.1, -0.05) is 60.7 Å². The summed E-state index contributed by atoms with van der Waals surface area (Å²) in [7, 11) is 0. The van der Waals surface area contributed by atoms with E-state index in [4.69, 9.17) is 0 Å². The summed E-state index contributed by atoms with van der Waals surface area (Å²) in [6.07, 6.45) is 4.22. The van der Waals surface area contributed by atoms with Gasteiger partial charge >= 0.3 is 0 Å². The van der Waals surface area contributed by atoms with E-state index in [-0.39, 0.29) is 0 Å². The molecule has 2 N–H and O–H groups in total. The molecule has 1 aliphatic carbocycles. The Hall–Kier alpha value is -2.16. The lowest BCUT2D eigenvalue weighted by Gasteiger charge is -2.44. The number of benzene rings is 2. The molecule has 0 fully saturated rings. The molecule has 0 aromatic heterocycles. The Kier molecular flexibility index (Phi) is 3.51. The van der Waals surface area contributed by atoms with Gasteiger partial charge in [0.05, 0.1) is 0 Å². The third kappa shape index (κ3) is 1.88. The molecule has 0 bridgehead atoms. The number of hydrogen-bond acceptors (Lipinski definition) is 2. The van der Waals surface area contributed by atoms with Gasteiger partial charge in [-0.25, -0.2) is 0 Å². The van der Waals surface area contributed by atoms with Crippen molar-refractivity contribution in [2.75, 3.05) is 0 Å². The second kappa shape index (κ2) is 5.24. The molecule has 0 unspecified atom stereocenters. The van der Waals surface area contributed by atoms with Crippen LogP contribution < -0.4 is 0 Å². The first-order chi connectivity index (χ1) is 10.6. The maximum Gasteiger partial charge on any atom is 0.119 e. The minimum absolute atomic E-state index is 0.394. The molecule has 2 heteroatoms. The van der Waals surface area contributed by atoms with E-state index in [1.807, 2.05) is 48.5 Å². The van der Waals surface area contributed by atoms with Gasteiger partial charge in [-0.3, -0.25) is 0 Å². The summed E-state index contributed by atoms with van der Waals surface area (Å²) in [5.74, 6) is 0. The maximum atomic E-state index is 11.4. The topological polar surface area (TPSA) is 40.5 Å². The van der Waals surface area contributed by atoms with Gasteiger partial charge in [0.2, 0.25) is 0 Å². The first-order valence-corrected chi connectivity index (χ1v) is 7.44. The Labute approximate surface area is 131 Å². The van der Waals surface area contributed by atoms with E-state index in [1.165, 1.54) is 0 Å². The minimum Gasteiger partial charge on any atom is -0.380 e. The van der Waals surface area contributed by atoms with Crippen molar-refractivity contribution in [1.82, 2.24) is 0 Å². The monoisotopic (exact) mass is 292 g/mol. The molecule has 0 heterocycles. The smallest absolute Gasteiger partial charge is 0.119 e. The van der Waals surface area contributed by atoms with Crippen LogP contribution >= 0.6 is 0 Å². The Morgan fingerprint density at radius 2 is 0.955 bits per heavy atom. The van der Waals surface area contributed by atoms with Crippen LogP contribution in [0.25, 0.3) is 0 Å². The Bertz CT molecular complexity index is 620. The van der Waals surface area contributed by atoms with E-state index in [0.29, 0.717) is 12.8 Å². The first-order valence-electron chi connectivity index (χ1n) is 7.44. The molecule has 2 aromatic carbocycles. The number of aliphatic hydroxyl groups is 2. The number of rotatable bonds is 4. The zero-order valence-corrected chi connectivity index (χ0v) is 12.5. The van der Waals surface area contributed by atoms with Gasteiger partial charge in [0, 0.05) is 12.8 Å². The molecule has 1 aliphatic rings. The fraction of sp³-hybridized carbons (Fsp3) is 0.200. The largest absolute Gasteiger partial charge is 0.380 e. The van der Waals surface area contributed by atoms with E-state index in [9.17, 15) is 10.2 Å². The van der Waals surface area contributed by atoms with Gasteiger partial charge in [0.15, 0.2) is 0 Å². The lowest BCUT2D eigenvalue weighted by atomic mass is 9.65. The highest BCUT2D eigenvalue weighted by Gasteiger charge is 2.47. The molecular formula is C20H20O2. The summed E-state index contributed by atoms with van der Waals surface area (Å²) in [4.78, 5) is 0. The van der Waals surface area contributed by atoms with Crippen molar-refractivity contribution < 1.29 is 10.2 Å². The normalized spacial score (nSPS) is 25.9. The zero-order chi connectivity index (χ0) is 15.8. The maximum absolute atomic E-state index is 11.4. The molecule has 0 saturated carbocycles. The van der Waals surface area contributed by atoms with Crippen LogP contribution in [0.3, 0.4) is 0 Å². The summed E-state index contributed by atoms with van der Waals surface area (Å²) in [5, 5.41) is 22.7. The van der Waals surface area contributed by atoms with Crippen LogP contribution in [0.1, 0.15) is 35.1 Å². The standard InChI is InChI=1S/C20H20O2/c1-3-13-19(21)15-9-5-7-11-17(15)20(22,14-4-2)18-12-8-6-10-16(18)19/h3-12,21-22H,1-2,13-14H2. The predicted octanol–water partition coefficient (Wildman–Crippen LogP) is 3.62. The van der Waals surface area contributed by atoms with Crippen LogP contribution in [0.2, 0.25) is 0 Å². The van der Waals surface area contributed by atoms with Gasteiger partial charge in [-0.05, 0) is 22.3 Å². The van der Waals surface area contributed by atoms with Gasteiger partial charge in [0.25, 0.3) is 0 Å². The third-order valence-electron chi connectivity index (χ3n) is 4.52. The summed E-state index contributed by atoms with van der Waals surface area (Å²) < 4.78 is 0. The molecule has 0 saturated heterocycles. The van der Waals surface area contributed by atoms with Crippen molar-refractivity contribution in [3.63, 3.8) is 0 Å². The van der Waals surface area contributed by atoms with Crippen LogP contribution in [0.5, 0.6) is 0 Å². The molecule has 0 amide bonds. The highest BCUT2D eigenvalue weighted by molar-refractivity contribution is 5.57. The predicted molar refractivity (Wildman–Crippen MR) is 88.5 cm³/mol. The van der Waals surface area contributed by atoms with E-state index in [0.717, 1.165) is 22.3 Å². The van der Waals surface area contributed by atoms with Crippen molar-refractivity contribution in [2.45, 2.75) is 24.0 Å². The fourth-order valence-corrected chi connectivity index (χ4v) is 3.56. The molecule has 0 atom stereocenters. The van der Waals surface area contributed by atoms with Crippen molar-refractivity contribution in [3.05, 3.63) is 96.1 Å². The summed E-state index contributed by atoms with van der Waals surface area (Å²) in [5.41, 5.74) is 0.608. The number of hydrogen-bond donors (Lipinski definition) is 2. The fourth-order valence-electron chi connectivity index (χ4n) is 3.56. The Morgan fingerprint density at radius 3 is 1.18 bits per heavy atom. The zero-order valence-electron chi connectivity index (χ0n) is 12.5. The summed E-state index contributed by atoms with van der Waals surface area (Å²) in [6.45, 7) is 7.56. The quantitative estimate of drug-likeness (QED) is 0.845. The highest BCUT2D eigenvalue weighted by Crippen LogP contribution is 2.50. The van der Waals surface area contributed by atoms with Crippen LogP contribution in [0.15, 0.2) is 73.8 Å². The molecule has 3 rings (SSSR count). The lowest BCUT2D eigenvalue weighted by Crippen LogP contribution is -2.42. The van der Waals surface area contributed by atoms with Crippen LogP contribution in [-0.2, 0) is 11.2 Å². The van der Waals surface area contributed by atoms with Gasteiger partial charge in [-0.2, -0.15) is 0 Å². The number of fused-ring (bicyclic) bond motifs is 2. The second-order valence-electron chi connectivity index (χ2n) is 5.80. The SMILES string of the molecule is C=CCC1(O)c2ccccc2C(O)(CC=C)c2ccccc21.